The van der Waals surface area contributed by atoms with Crippen molar-refractivity contribution in [1.29, 1.82) is 0 Å². The van der Waals surface area contributed by atoms with E-state index in [1.165, 1.54) is 30.4 Å². The number of hydrogen-bond acceptors (Lipinski definition) is 0. The molecule has 0 heterocycles. The molecule has 0 bridgehead atoms. The summed E-state index contributed by atoms with van der Waals surface area (Å²) in [4.78, 5) is 0.505. The lowest BCUT2D eigenvalue weighted by molar-refractivity contribution is 0.486. The molecule has 0 radical (unpaired) electrons. The molecule has 1 atom stereocenters. The zero-order valence-electron chi connectivity index (χ0n) is 11.5. The molecule has 1 rings (SSSR count). The van der Waals surface area contributed by atoms with Crippen LogP contribution < -0.4 is 0 Å². The molecule has 0 N–H and O–H groups in total. The molecule has 1 aromatic carbocycles. The molecule has 17 heavy (non-hydrogen) atoms. The lowest BCUT2D eigenvalue weighted by atomic mass is 9.93. The van der Waals surface area contributed by atoms with Gasteiger partial charge in [-0.2, -0.15) is 0 Å². The second-order valence-corrected chi connectivity index (χ2v) is 6.30. The highest BCUT2D eigenvalue weighted by Gasteiger charge is 2.16. The van der Waals surface area contributed by atoms with Gasteiger partial charge >= 0.3 is 0 Å². The van der Waals surface area contributed by atoms with E-state index in [1.807, 2.05) is 0 Å². The fourth-order valence-electron chi connectivity index (χ4n) is 2.28. The Morgan fingerprint density at radius 2 is 1.53 bits per heavy atom. The molecule has 0 aromatic heterocycles. The Kier molecular flexibility index (Phi) is 6.26. The molecular formula is C16H25Br. The molecule has 0 aliphatic carbocycles. The van der Waals surface area contributed by atoms with Crippen molar-refractivity contribution in [3.8, 4) is 0 Å². The van der Waals surface area contributed by atoms with Crippen molar-refractivity contribution >= 4 is 15.9 Å². The summed E-state index contributed by atoms with van der Waals surface area (Å²) in [5, 5.41) is 0. The maximum Gasteiger partial charge on any atom is 0.0423 e. The number of rotatable bonds is 6. The first kappa shape index (κ1) is 14.8. The molecule has 96 valence electrons. The Balaban J connectivity index is 2.72. The van der Waals surface area contributed by atoms with Gasteiger partial charge < -0.3 is 0 Å². The SMILES string of the molecule is CCC(CC)C(Br)c1ccc(CC(C)C)cc1. The van der Waals surface area contributed by atoms with Gasteiger partial charge in [0.2, 0.25) is 0 Å². The van der Waals surface area contributed by atoms with Crippen molar-refractivity contribution in [2.75, 3.05) is 0 Å². The molecule has 0 saturated heterocycles. The average molecular weight is 297 g/mol. The zero-order chi connectivity index (χ0) is 12.8. The third-order valence-electron chi connectivity index (χ3n) is 3.40. The summed E-state index contributed by atoms with van der Waals surface area (Å²) < 4.78 is 0. The second kappa shape index (κ2) is 7.20. The van der Waals surface area contributed by atoms with Gasteiger partial charge in [-0.25, -0.2) is 0 Å². The fourth-order valence-corrected chi connectivity index (χ4v) is 3.34. The van der Waals surface area contributed by atoms with E-state index in [9.17, 15) is 0 Å². The van der Waals surface area contributed by atoms with Crippen LogP contribution >= 0.6 is 15.9 Å². The van der Waals surface area contributed by atoms with Crippen LogP contribution in [0.4, 0.5) is 0 Å². The maximum absolute atomic E-state index is 3.85. The van der Waals surface area contributed by atoms with Crippen LogP contribution in [0.1, 0.15) is 56.5 Å². The molecule has 0 spiro atoms. The lowest BCUT2D eigenvalue weighted by Crippen LogP contribution is -2.05. The topological polar surface area (TPSA) is 0 Å². The molecule has 0 aliphatic rings. The van der Waals surface area contributed by atoms with Crippen molar-refractivity contribution in [1.82, 2.24) is 0 Å². The van der Waals surface area contributed by atoms with Gasteiger partial charge in [-0.1, -0.05) is 80.7 Å². The van der Waals surface area contributed by atoms with E-state index < -0.39 is 0 Å². The van der Waals surface area contributed by atoms with Crippen LogP contribution in [0.15, 0.2) is 24.3 Å². The number of alkyl halides is 1. The van der Waals surface area contributed by atoms with Gasteiger partial charge in [0.15, 0.2) is 0 Å². The third-order valence-corrected chi connectivity index (χ3v) is 4.68. The second-order valence-electron chi connectivity index (χ2n) is 5.32. The number of benzene rings is 1. The van der Waals surface area contributed by atoms with Crippen LogP contribution in [0.2, 0.25) is 0 Å². The monoisotopic (exact) mass is 296 g/mol. The quantitative estimate of drug-likeness (QED) is 0.586. The maximum atomic E-state index is 3.85. The first-order chi connectivity index (χ1) is 8.08. The molecule has 0 amide bonds. The Morgan fingerprint density at radius 1 is 1.00 bits per heavy atom. The summed E-state index contributed by atoms with van der Waals surface area (Å²) in [5.74, 6) is 1.48. The van der Waals surface area contributed by atoms with Crippen molar-refractivity contribution in [3.63, 3.8) is 0 Å². The summed E-state index contributed by atoms with van der Waals surface area (Å²) in [6.45, 7) is 9.09. The van der Waals surface area contributed by atoms with E-state index in [4.69, 9.17) is 0 Å². The van der Waals surface area contributed by atoms with Gasteiger partial charge in [-0.15, -0.1) is 0 Å². The first-order valence-corrected chi connectivity index (χ1v) is 7.72. The van der Waals surface area contributed by atoms with Gasteiger partial charge in [-0.3, -0.25) is 0 Å². The van der Waals surface area contributed by atoms with Gasteiger partial charge in [0.1, 0.15) is 0 Å². The smallest absolute Gasteiger partial charge is 0.0423 e. The average Bonchev–Trinajstić information content (AvgIpc) is 2.30. The molecule has 0 fully saturated rings. The summed E-state index contributed by atoms with van der Waals surface area (Å²) in [7, 11) is 0. The Bertz CT molecular complexity index is 309. The minimum absolute atomic E-state index is 0.505. The van der Waals surface area contributed by atoms with E-state index in [2.05, 4.69) is 67.9 Å². The highest BCUT2D eigenvalue weighted by atomic mass is 79.9. The molecular weight excluding hydrogens is 272 g/mol. The van der Waals surface area contributed by atoms with Crippen molar-refractivity contribution in [2.24, 2.45) is 11.8 Å². The zero-order valence-corrected chi connectivity index (χ0v) is 13.1. The third kappa shape index (κ3) is 4.46. The minimum Gasteiger partial charge on any atom is -0.0836 e. The summed E-state index contributed by atoms with van der Waals surface area (Å²) in [6.07, 6.45) is 3.65. The van der Waals surface area contributed by atoms with Crippen LogP contribution in [0, 0.1) is 11.8 Å². The van der Waals surface area contributed by atoms with Crippen molar-refractivity contribution in [3.05, 3.63) is 35.4 Å². The molecule has 0 saturated carbocycles. The normalized spacial score (nSPS) is 13.4. The van der Waals surface area contributed by atoms with Gasteiger partial charge in [0, 0.05) is 4.83 Å². The van der Waals surface area contributed by atoms with Gasteiger partial charge in [0.05, 0.1) is 0 Å². The van der Waals surface area contributed by atoms with Crippen molar-refractivity contribution < 1.29 is 0 Å². The van der Waals surface area contributed by atoms with Crippen LogP contribution in [-0.4, -0.2) is 0 Å². The summed E-state index contributed by atoms with van der Waals surface area (Å²) >= 11 is 3.85. The molecule has 0 aliphatic heterocycles. The van der Waals surface area contributed by atoms with E-state index >= 15 is 0 Å². The van der Waals surface area contributed by atoms with Crippen LogP contribution in [0.5, 0.6) is 0 Å². The molecule has 0 nitrogen and oxygen atoms in total. The van der Waals surface area contributed by atoms with Crippen molar-refractivity contribution in [2.45, 2.75) is 51.8 Å². The number of hydrogen-bond donors (Lipinski definition) is 0. The summed E-state index contributed by atoms with van der Waals surface area (Å²) in [6, 6.07) is 9.14. The van der Waals surface area contributed by atoms with E-state index in [-0.39, 0.29) is 0 Å². The highest BCUT2D eigenvalue weighted by molar-refractivity contribution is 9.09. The van der Waals surface area contributed by atoms with Gasteiger partial charge in [0.25, 0.3) is 0 Å². The largest absolute Gasteiger partial charge is 0.0836 e. The highest BCUT2D eigenvalue weighted by Crippen LogP contribution is 2.35. The van der Waals surface area contributed by atoms with Crippen LogP contribution in [-0.2, 0) is 6.42 Å². The van der Waals surface area contributed by atoms with Gasteiger partial charge in [-0.05, 0) is 29.4 Å². The lowest BCUT2D eigenvalue weighted by Gasteiger charge is -2.20. The van der Waals surface area contributed by atoms with E-state index in [0.717, 1.165) is 11.8 Å². The fraction of sp³-hybridized carbons (Fsp3) is 0.625. The Morgan fingerprint density at radius 3 is 1.94 bits per heavy atom. The predicted molar refractivity (Wildman–Crippen MR) is 80.7 cm³/mol. The van der Waals surface area contributed by atoms with Crippen LogP contribution in [0.25, 0.3) is 0 Å². The number of halogens is 1. The van der Waals surface area contributed by atoms with E-state index in [1.54, 1.807) is 0 Å². The van der Waals surface area contributed by atoms with E-state index in [0.29, 0.717) is 4.83 Å². The minimum atomic E-state index is 0.505. The Labute approximate surface area is 115 Å². The molecule has 1 aromatic rings. The predicted octanol–water partition coefficient (Wildman–Crippen LogP) is 5.76. The van der Waals surface area contributed by atoms with Crippen LogP contribution in [0.3, 0.4) is 0 Å². The molecule has 1 heteroatoms. The molecule has 1 unspecified atom stereocenters. The first-order valence-electron chi connectivity index (χ1n) is 6.81. The summed E-state index contributed by atoms with van der Waals surface area (Å²) in [5.41, 5.74) is 2.87. The standard InChI is InChI=1S/C16H25Br/c1-5-14(6-2)16(17)15-9-7-13(8-10-15)11-12(3)4/h7-10,12,14,16H,5-6,11H2,1-4H3. The Hall–Kier alpha value is -0.300.